The third-order valence-corrected chi connectivity index (χ3v) is 40.3. The quantitative estimate of drug-likeness (QED) is 0.286. The third kappa shape index (κ3) is 3.70. The van der Waals surface area contributed by atoms with E-state index in [1.165, 1.54) is 28.3 Å². The molecule has 6 heteroatoms. The van der Waals surface area contributed by atoms with E-state index in [1.54, 1.807) is 22.3 Å². The van der Waals surface area contributed by atoms with E-state index < -0.39 is 17.4 Å². The zero-order valence-electron chi connectivity index (χ0n) is 18.0. The van der Waals surface area contributed by atoms with Crippen LogP contribution in [0.5, 0.6) is 0 Å². The first-order valence-corrected chi connectivity index (χ1v) is 24.0. The Kier molecular flexibility index (Phi) is 8.43. The first-order chi connectivity index (χ1) is 13.3. The Balaban J connectivity index is 0.00000160. The summed E-state index contributed by atoms with van der Waals surface area (Å²) in [7, 11) is 0. The summed E-state index contributed by atoms with van der Waals surface area (Å²) in [5.74, 6) is 0. The minimum absolute atomic E-state index is 0. The summed E-state index contributed by atoms with van der Waals surface area (Å²) in [6, 6.07) is 13.7. The molecule has 0 heterocycles. The molecule has 0 fully saturated rings. The third-order valence-electron chi connectivity index (χ3n) is 7.82. The largest absolute Gasteiger partial charge is 0.147 e. The normalized spacial score (nSPS) is 19.8. The van der Waals surface area contributed by atoms with Crippen molar-refractivity contribution >= 4 is 75.7 Å². The first kappa shape index (κ1) is 26.8. The van der Waals surface area contributed by atoms with E-state index in [0.29, 0.717) is 7.25 Å². The van der Waals surface area contributed by atoms with E-state index in [4.69, 9.17) is 0 Å². The van der Waals surface area contributed by atoms with Gasteiger partial charge in [0.05, 0.1) is 0 Å². The van der Waals surface area contributed by atoms with Crippen molar-refractivity contribution in [3.63, 3.8) is 0 Å². The van der Waals surface area contributed by atoms with Gasteiger partial charge >= 0.3 is 190 Å². The maximum absolute atomic E-state index is 3.82. The number of hydrogen-bond acceptors (Lipinski definition) is 0. The summed E-state index contributed by atoms with van der Waals surface area (Å²) in [5, 5.41) is 0. The Bertz CT molecular complexity index is 1030. The maximum Gasteiger partial charge on any atom is -0.147 e. The molecular weight excluding hydrogens is 638 g/mol. The van der Waals surface area contributed by atoms with Gasteiger partial charge in [-0.15, -0.1) is 24.8 Å². The summed E-state index contributed by atoms with van der Waals surface area (Å²) in [5.41, 5.74) is 9.17. The standard InChI is InChI=1S/2C10H8Br.2C2H5.2ClH.H2Si.Zr/c2*1-7-5-8-3-2-4-10(11)9(8)6-7;2*1-2;;;;/h2*2-6H,1H3;2*1H2,2H3;2*1H;1H2;. The van der Waals surface area contributed by atoms with Crippen LogP contribution in [0, 0.1) is 0 Å². The molecule has 0 spiro atoms. The molecule has 2 aromatic carbocycles. The molecule has 0 N–H and O–H groups in total. The molecule has 0 saturated heterocycles. The van der Waals surface area contributed by atoms with Gasteiger partial charge in [-0.1, -0.05) is 0 Å². The van der Waals surface area contributed by atoms with Gasteiger partial charge in [-0.3, -0.25) is 0 Å². The summed E-state index contributed by atoms with van der Waals surface area (Å²) < 4.78 is 6.43. The van der Waals surface area contributed by atoms with Crippen molar-refractivity contribution in [1.82, 2.24) is 0 Å². The van der Waals surface area contributed by atoms with Gasteiger partial charge in [-0.2, -0.15) is 0 Å². The van der Waals surface area contributed by atoms with Crippen LogP contribution in [0.25, 0.3) is 12.2 Å². The van der Waals surface area contributed by atoms with Crippen molar-refractivity contribution in [3.8, 4) is 0 Å². The molecule has 162 valence electrons. The average molecular weight is 669 g/mol. The summed E-state index contributed by atoms with van der Waals surface area (Å²) >= 11 is 4.27. The monoisotopic (exact) mass is 664 g/mol. The fourth-order valence-electron chi connectivity index (χ4n) is 6.33. The second-order valence-electron chi connectivity index (χ2n) is 8.98. The van der Waals surface area contributed by atoms with Crippen molar-refractivity contribution in [2.24, 2.45) is 0 Å². The number of allylic oxidation sites excluding steroid dienone is 2. The Morgan fingerprint density at radius 1 is 0.767 bits per heavy atom. The molecule has 2 aromatic rings. The van der Waals surface area contributed by atoms with Crippen molar-refractivity contribution < 1.29 is 17.4 Å². The summed E-state index contributed by atoms with van der Waals surface area (Å²) in [6.07, 6.45) is 4.93. The number of rotatable bonds is 4. The van der Waals surface area contributed by atoms with Gasteiger partial charge in [-0.05, 0) is 0 Å². The smallest absolute Gasteiger partial charge is 0.147 e. The van der Waals surface area contributed by atoms with Crippen LogP contribution in [0.4, 0.5) is 0 Å². The van der Waals surface area contributed by atoms with Gasteiger partial charge in [-0.25, -0.2) is 0 Å². The predicted octanol–water partition coefficient (Wildman–Crippen LogP) is 8.79. The van der Waals surface area contributed by atoms with Gasteiger partial charge in [0.1, 0.15) is 0 Å². The first-order valence-electron chi connectivity index (χ1n) is 10.2. The second-order valence-corrected chi connectivity index (χ2v) is 38.3. The van der Waals surface area contributed by atoms with Crippen LogP contribution >= 0.6 is 56.7 Å². The number of benzene rings is 2. The van der Waals surface area contributed by atoms with Gasteiger partial charge in [0.25, 0.3) is 0 Å². The molecule has 2 atom stereocenters. The molecule has 0 radical (unpaired) electrons. The molecule has 0 bridgehead atoms. The fourth-order valence-corrected chi connectivity index (χ4v) is 31.6. The Hall–Kier alpha value is 0.560. The molecule has 2 aliphatic carbocycles. The van der Waals surface area contributed by atoms with Gasteiger partial charge in [0.2, 0.25) is 0 Å². The van der Waals surface area contributed by atoms with E-state index in [1.807, 2.05) is 0 Å². The Morgan fingerprint density at radius 2 is 1.13 bits per heavy atom. The number of halogens is 4. The Labute approximate surface area is 212 Å². The zero-order valence-corrected chi connectivity index (χ0v) is 26.6. The molecule has 0 saturated carbocycles. The summed E-state index contributed by atoms with van der Waals surface area (Å²) in [4.78, 5) is 0. The van der Waals surface area contributed by atoms with E-state index in [9.17, 15) is 0 Å². The molecule has 2 aliphatic rings. The fraction of sp³-hybridized carbons (Fsp3) is 0.333. The molecule has 2 unspecified atom stereocenters. The Morgan fingerprint density at radius 3 is 1.47 bits per heavy atom. The molecule has 0 nitrogen and oxygen atoms in total. The van der Waals surface area contributed by atoms with Crippen LogP contribution in [0.2, 0.25) is 8.26 Å². The second kappa shape index (κ2) is 9.43. The molecule has 0 amide bonds. The minimum Gasteiger partial charge on any atom is -0.147 e. The molecule has 0 aliphatic heterocycles. The molecule has 0 aromatic heterocycles. The van der Waals surface area contributed by atoms with Gasteiger partial charge in [0.15, 0.2) is 0 Å². The van der Waals surface area contributed by atoms with Crippen molar-refractivity contribution in [1.29, 1.82) is 0 Å². The van der Waals surface area contributed by atoms with E-state index >= 15 is 0 Å². The zero-order chi connectivity index (χ0) is 20.3. The topological polar surface area (TPSA) is 0 Å². The molecule has 30 heavy (non-hydrogen) atoms. The van der Waals surface area contributed by atoms with Crippen LogP contribution in [0.1, 0.15) is 57.2 Å². The van der Waals surface area contributed by atoms with E-state index in [2.05, 4.69) is 115 Å². The van der Waals surface area contributed by atoms with Crippen molar-refractivity contribution in [2.45, 2.75) is 43.2 Å². The number of hydrogen-bond donors (Lipinski definition) is 0. The van der Waals surface area contributed by atoms with Crippen molar-refractivity contribution in [3.05, 3.63) is 78.7 Å². The van der Waals surface area contributed by atoms with Gasteiger partial charge in [0, 0.05) is 0 Å². The molecule has 4 rings (SSSR count). The van der Waals surface area contributed by atoms with Crippen LogP contribution < -0.4 is 0 Å². The van der Waals surface area contributed by atoms with Crippen LogP contribution in [-0.4, -0.2) is 6.88 Å². The predicted molar refractivity (Wildman–Crippen MR) is 145 cm³/mol. The van der Waals surface area contributed by atoms with E-state index in [-0.39, 0.29) is 24.8 Å². The maximum atomic E-state index is 3.82. The van der Waals surface area contributed by atoms with E-state index in [0.717, 1.165) is 0 Å². The summed E-state index contributed by atoms with van der Waals surface area (Å²) in [6.45, 7) is 12.3. The SMILES string of the molecule is C[CH2][Zr](=[SiH2])([CH2]C)([CH]1C(C)=Cc2c(Br)cccc21)[CH]1C(C)=Cc2c(Br)cccc21.Cl.Cl. The minimum atomic E-state index is -3.38. The average Bonchev–Trinajstić information content (AvgIpc) is 3.21. The van der Waals surface area contributed by atoms with Crippen LogP contribution in [0.3, 0.4) is 0 Å². The van der Waals surface area contributed by atoms with Gasteiger partial charge < -0.3 is 0 Å². The van der Waals surface area contributed by atoms with Crippen molar-refractivity contribution in [2.75, 3.05) is 0 Å². The van der Waals surface area contributed by atoms with Crippen LogP contribution in [-0.2, 0) is 17.4 Å². The number of fused-ring (bicyclic) bond motifs is 2. The molecular formula is C24H30Br2Cl2SiZr. The van der Waals surface area contributed by atoms with Crippen LogP contribution in [0.15, 0.2) is 56.5 Å².